The summed E-state index contributed by atoms with van der Waals surface area (Å²) in [5.74, 6) is -1.35. The predicted molar refractivity (Wildman–Crippen MR) is 95.5 cm³/mol. The molecule has 0 aromatic heterocycles. The lowest BCUT2D eigenvalue weighted by Crippen LogP contribution is -2.51. The van der Waals surface area contributed by atoms with Crippen LogP contribution in [0.15, 0.2) is 24.3 Å². The Morgan fingerprint density at radius 1 is 1.19 bits per heavy atom. The van der Waals surface area contributed by atoms with Gasteiger partial charge < -0.3 is 10.6 Å². The molecule has 2 rings (SSSR count). The second kappa shape index (κ2) is 6.95. The van der Waals surface area contributed by atoms with Gasteiger partial charge >= 0.3 is 12.1 Å². The van der Waals surface area contributed by atoms with Crippen LogP contribution in [0.3, 0.4) is 0 Å². The van der Waals surface area contributed by atoms with E-state index in [1.54, 1.807) is 52.0 Å². The van der Waals surface area contributed by atoms with Gasteiger partial charge in [0.2, 0.25) is 5.91 Å². The zero-order chi connectivity index (χ0) is 19.7. The molecule has 0 saturated carbocycles. The minimum Gasteiger partial charge on any atom is -0.333 e. The number of carbonyl (C=O) groups excluding carboxylic acids is 4. The van der Waals surface area contributed by atoms with E-state index in [4.69, 9.17) is 11.6 Å². The Morgan fingerprint density at radius 2 is 1.77 bits per heavy atom. The van der Waals surface area contributed by atoms with Crippen molar-refractivity contribution in [2.75, 3.05) is 6.54 Å². The summed E-state index contributed by atoms with van der Waals surface area (Å²) in [6, 6.07) is 5.05. The number of hydrogen-bond donors (Lipinski definition) is 3. The first-order valence-electron chi connectivity index (χ1n) is 7.94. The fraction of sp³-hybridized carbons (Fsp3) is 0.412. The Morgan fingerprint density at radius 3 is 2.31 bits per heavy atom. The first-order valence-corrected chi connectivity index (χ1v) is 8.32. The number of nitrogens with zero attached hydrogens (tertiary/aromatic N) is 1. The highest BCUT2D eigenvalue weighted by Crippen LogP contribution is 2.29. The van der Waals surface area contributed by atoms with Crippen LogP contribution in [0.1, 0.15) is 33.3 Å². The van der Waals surface area contributed by atoms with Gasteiger partial charge in [-0.15, -0.1) is 0 Å². The molecule has 1 saturated heterocycles. The lowest BCUT2D eigenvalue weighted by molar-refractivity contribution is -0.134. The molecule has 1 aromatic rings. The Kier molecular flexibility index (Phi) is 5.27. The van der Waals surface area contributed by atoms with Crippen molar-refractivity contribution < 1.29 is 19.2 Å². The van der Waals surface area contributed by atoms with Gasteiger partial charge in [-0.05, 0) is 45.4 Å². The zero-order valence-corrected chi connectivity index (χ0v) is 15.7. The summed E-state index contributed by atoms with van der Waals surface area (Å²) in [7, 11) is 0. The van der Waals surface area contributed by atoms with Crippen LogP contribution in [-0.2, 0) is 15.1 Å². The van der Waals surface area contributed by atoms with Crippen LogP contribution in [0.4, 0.5) is 9.59 Å². The Hall–Kier alpha value is -2.61. The maximum absolute atomic E-state index is 12.7. The van der Waals surface area contributed by atoms with Gasteiger partial charge in [0.1, 0.15) is 12.1 Å². The number of carbonyl (C=O) groups is 4. The molecule has 0 bridgehead atoms. The van der Waals surface area contributed by atoms with Crippen molar-refractivity contribution in [2.45, 2.75) is 38.8 Å². The van der Waals surface area contributed by atoms with Gasteiger partial charge in [0.25, 0.3) is 5.91 Å². The smallest absolute Gasteiger partial charge is 0.325 e. The van der Waals surface area contributed by atoms with Crippen LogP contribution in [0.25, 0.3) is 0 Å². The molecule has 0 aliphatic carbocycles. The van der Waals surface area contributed by atoms with Crippen LogP contribution in [-0.4, -0.2) is 40.9 Å². The van der Waals surface area contributed by atoms with Crippen molar-refractivity contribution in [1.29, 1.82) is 0 Å². The van der Waals surface area contributed by atoms with E-state index in [0.717, 1.165) is 4.90 Å². The minimum absolute atomic E-state index is 0.496. The molecule has 1 heterocycles. The SMILES string of the molecule is CC(C)(C)NC(=O)NC(=O)CN1C(=O)N[C@](C)(c2ccc(Cl)cc2)C1=O. The molecule has 9 heteroatoms. The third kappa shape index (κ3) is 4.32. The highest BCUT2D eigenvalue weighted by Gasteiger charge is 2.49. The third-order valence-corrected chi connectivity index (χ3v) is 3.99. The second-order valence-corrected chi connectivity index (χ2v) is 7.64. The fourth-order valence-corrected chi connectivity index (χ4v) is 2.63. The van der Waals surface area contributed by atoms with Crippen LogP contribution in [0, 0.1) is 0 Å². The van der Waals surface area contributed by atoms with E-state index in [-0.39, 0.29) is 0 Å². The van der Waals surface area contributed by atoms with Crippen LogP contribution in [0.5, 0.6) is 0 Å². The molecular formula is C17H21ClN4O4. The summed E-state index contributed by atoms with van der Waals surface area (Å²) in [4.78, 5) is 49.4. The topological polar surface area (TPSA) is 108 Å². The van der Waals surface area contributed by atoms with E-state index in [2.05, 4.69) is 16.0 Å². The van der Waals surface area contributed by atoms with Gasteiger partial charge in [-0.25, -0.2) is 9.59 Å². The van der Waals surface area contributed by atoms with Gasteiger partial charge in [0.05, 0.1) is 0 Å². The molecule has 1 aromatic carbocycles. The summed E-state index contributed by atoms with van der Waals surface area (Å²) >= 11 is 5.85. The van der Waals surface area contributed by atoms with Gasteiger partial charge in [0, 0.05) is 10.6 Å². The lowest BCUT2D eigenvalue weighted by Gasteiger charge is -2.22. The molecule has 3 N–H and O–H groups in total. The molecule has 26 heavy (non-hydrogen) atoms. The molecule has 0 radical (unpaired) electrons. The molecule has 140 valence electrons. The Balaban J connectivity index is 2.08. The van der Waals surface area contributed by atoms with E-state index in [0.29, 0.717) is 10.6 Å². The van der Waals surface area contributed by atoms with E-state index < -0.39 is 41.5 Å². The monoisotopic (exact) mass is 380 g/mol. The molecule has 1 aliphatic rings. The Labute approximate surface area is 156 Å². The molecule has 8 nitrogen and oxygen atoms in total. The van der Waals surface area contributed by atoms with E-state index in [1.807, 2.05) is 0 Å². The summed E-state index contributed by atoms with van der Waals surface area (Å²) < 4.78 is 0. The zero-order valence-electron chi connectivity index (χ0n) is 15.0. The van der Waals surface area contributed by atoms with E-state index in [1.165, 1.54) is 0 Å². The van der Waals surface area contributed by atoms with E-state index >= 15 is 0 Å². The first kappa shape index (κ1) is 19.7. The number of halogens is 1. The van der Waals surface area contributed by atoms with Gasteiger partial charge in [-0.1, -0.05) is 23.7 Å². The number of urea groups is 2. The summed E-state index contributed by atoms with van der Waals surface area (Å²) in [5, 5.41) is 7.73. The molecule has 1 atom stereocenters. The molecule has 1 fully saturated rings. The molecule has 0 spiro atoms. The Bertz CT molecular complexity index is 757. The number of imide groups is 2. The van der Waals surface area contributed by atoms with Gasteiger partial charge in [-0.3, -0.25) is 19.8 Å². The molecule has 1 aliphatic heterocycles. The fourth-order valence-electron chi connectivity index (χ4n) is 2.50. The first-order chi connectivity index (χ1) is 11.9. The van der Waals surface area contributed by atoms with Crippen molar-refractivity contribution in [1.82, 2.24) is 20.9 Å². The van der Waals surface area contributed by atoms with Crippen molar-refractivity contribution >= 4 is 35.5 Å². The molecular weight excluding hydrogens is 360 g/mol. The van der Waals surface area contributed by atoms with Crippen molar-refractivity contribution in [2.24, 2.45) is 0 Å². The largest absolute Gasteiger partial charge is 0.333 e. The number of nitrogens with one attached hydrogen (secondary N) is 3. The maximum Gasteiger partial charge on any atom is 0.325 e. The van der Waals surface area contributed by atoms with Crippen molar-refractivity contribution in [3.05, 3.63) is 34.9 Å². The molecule has 0 unspecified atom stereocenters. The van der Waals surface area contributed by atoms with Gasteiger partial charge in [0.15, 0.2) is 0 Å². The van der Waals surface area contributed by atoms with Gasteiger partial charge in [-0.2, -0.15) is 0 Å². The number of hydrogen-bond acceptors (Lipinski definition) is 4. The minimum atomic E-state index is -1.31. The number of amides is 6. The number of benzene rings is 1. The van der Waals surface area contributed by atoms with Crippen LogP contribution >= 0.6 is 11.6 Å². The normalized spacial score (nSPS) is 20.0. The van der Waals surface area contributed by atoms with Crippen LogP contribution in [0.2, 0.25) is 5.02 Å². The summed E-state index contributed by atoms with van der Waals surface area (Å²) in [6.45, 7) is 6.25. The highest BCUT2D eigenvalue weighted by molar-refractivity contribution is 6.30. The summed E-state index contributed by atoms with van der Waals surface area (Å²) in [6.07, 6.45) is 0. The highest BCUT2D eigenvalue weighted by atomic mass is 35.5. The van der Waals surface area contributed by atoms with Crippen molar-refractivity contribution in [3.8, 4) is 0 Å². The lowest BCUT2D eigenvalue weighted by atomic mass is 9.92. The average molecular weight is 381 g/mol. The summed E-state index contributed by atoms with van der Waals surface area (Å²) in [5.41, 5.74) is -1.30. The maximum atomic E-state index is 12.7. The predicted octanol–water partition coefficient (Wildman–Crippen LogP) is 1.73. The standard InChI is InChI=1S/C17H21ClN4O4/c1-16(2,3)20-14(25)19-12(23)9-22-13(24)17(4,21-15(22)26)10-5-7-11(18)8-6-10/h5-8H,9H2,1-4H3,(H,21,26)(H2,19,20,23,25)/t17-/m1/s1. The average Bonchev–Trinajstić information content (AvgIpc) is 2.70. The third-order valence-electron chi connectivity index (χ3n) is 3.74. The van der Waals surface area contributed by atoms with Crippen LogP contribution < -0.4 is 16.0 Å². The second-order valence-electron chi connectivity index (χ2n) is 7.21. The number of rotatable bonds is 3. The van der Waals surface area contributed by atoms with Crippen molar-refractivity contribution in [3.63, 3.8) is 0 Å². The van der Waals surface area contributed by atoms with E-state index in [9.17, 15) is 19.2 Å². The quantitative estimate of drug-likeness (QED) is 0.694. The molecule has 6 amide bonds.